The third kappa shape index (κ3) is 16.5. The molecule has 0 bridgehead atoms. The molecule has 0 radical (unpaired) electrons. The Balaban J connectivity index is 3.77. The van der Waals surface area contributed by atoms with Crippen LogP contribution in [0.3, 0.4) is 0 Å². The molecule has 1 atom stereocenters. The second-order valence-corrected chi connectivity index (χ2v) is 8.27. The summed E-state index contributed by atoms with van der Waals surface area (Å²) < 4.78 is 5.95. The summed E-state index contributed by atoms with van der Waals surface area (Å²) in [6.07, 6.45) is 19.2. The van der Waals surface area contributed by atoms with Crippen LogP contribution in [0.4, 0.5) is 0 Å². The lowest BCUT2D eigenvalue weighted by atomic mass is 10.1. The van der Waals surface area contributed by atoms with Crippen molar-refractivity contribution in [1.82, 2.24) is 0 Å². The highest BCUT2D eigenvalue weighted by atomic mass is 16.6. The highest BCUT2D eigenvalue weighted by Gasteiger charge is 2.28. The number of allylic oxidation sites excluding steroid dienone is 4. The topological polar surface area (TPSA) is 63.6 Å². The van der Waals surface area contributed by atoms with Gasteiger partial charge in [0, 0.05) is 12.8 Å². The summed E-state index contributed by atoms with van der Waals surface area (Å²) in [6, 6.07) is 0. The highest BCUT2D eigenvalue weighted by Crippen LogP contribution is 2.15. The Morgan fingerprint density at radius 3 is 2.11 bits per heavy atom. The van der Waals surface area contributed by atoms with Crippen molar-refractivity contribution in [3.63, 3.8) is 0 Å². The van der Waals surface area contributed by atoms with E-state index in [4.69, 9.17) is 9.84 Å². The Morgan fingerprint density at radius 1 is 0.893 bits per heavy atom. The van der Waals surface area contributed by atoms with Crippen molar-refractivity contribution in [2.75, 3.05) is 21.1 Å². The van der Waals surface area contributed by atoms with Crippen molar-refractivity contribution < 1.29 is 23.9 Å². The van der Waals surface area contributed by atoms with Crippen LogP contribution in [0.15, 0.2) is 24.3 Å². The Morgan fingerprint density at radius 2 is 1.50 bits per heavy atom. The molecule has 162 valence electrons. The lowest BCUT2D eigenvalue weighted by Gasteiger charge is -2.32. The summed E-state index contributed by atoms with van der Waals surface area (Å²) in [5, 5.41) is 8.84. The first-order valence-electron chi connectivity index (χ1n) is 10.8. The molecule has 0 rings (SSSR count). The van der Waals surface area contributed by atoms with E-state index in [1.807, 2.05) is 21.1 Å². The van der Waals surface area contributed by atoms with Crippen molar-refractivity contribution >= 4 is 11.9 Å². The Bertz CT molecular complexity index is 477. The van der Waals surface area contributed by atoms with Crippen LogP contribution in [-0.4, -0.2) is 48.9 Å². The third-order valence-electron chi connectivity index (χ3n) is 4.55. The zero-order chi connectivity index (χ0) is 21.3. The highest BCUT2D eigenvalue weighted by molar-refractivity contribution is 5.69. The van der Waals surface area contributed by atoms with Gasteiger partial charge in [0.05, 0.1) is 27.6 Å². The van der Waals surface area contributed by atoms with E-state index >= 15 is 0 Å². The Kier molecular flexibility index (Phi) is 15.4. The van der Waals surface area contributed by atoms with Crippen molar-refractivity contribution in [2.24, 2.45) is 0 Å². The summed E-state index contributed by atoms with van der Waals surface area (Å²) in [5.41, 5.74) is 0. The van der Waals surface area contributed by atoms with E-state index in [1.165, 1.54) is 25.7 Å². The zero-order valence-electron chi connectivity index (χ0n) is 18.5. The molecule has 0 aromatic rings. The molecular weight excluding hydrogens is 354 g/mol. The largest absolute Gasteiger partial charge is 0.481 e. The van der Waals surface area contributed by atoms with Crippen LogP contribution in [0.5, 0.6) is 0 Å². The average molecular weight is 397 g/mol. The molecule has 5 heteroatoms. The average Bonchev–Trinajstić information content (AvgIpc) is 2.61. The number of esters is 1. The fourth-order valence-electron chi connectivity index (χ4n) is 2.80. The maximum Gasteiger partial charge on any atom is 0.310 e. The molecule has 0 aliphatic carbocycles. The van der Waals surface area contributed by atoms with Crippen molar-refractivity contribution in [1.29, 1.82) is 0 Å². The summed E-state index contributed by atoms with van der Waals surface area (Å²) in [4.78, 5) is 22.8. The molecule has 0 saturated heterocycles. The molecule has 0 spiro atoms. The Labute approximate surface area is 172 Å². The van der Waals surface area contributed by atoms with Crippen LogP contribution in [0.1, 0.15) is 84.0 Å². The van der Waals surface area contributed by atoms with E-state index in [9.17, 15) is 9.59 Å². The van der Waals surface area contributed by atoms with Gasteiger partial charge >= 0.3 is 11.9 Å². The van der Waals surface area contributed by atoms with E-state index in [-0.39, 0.29) is 12.4 Å². The predicted molar refractivity (Wildman–Crippen MR) is 115 cm³/mol. The van der Waals surface area contributed by atoms with Gasteiger partial charge < -0.3 is 9.84 Å². The predicted octanol–water partition coefficient (Wildman–Crippen LogP) is 5.46. The SMILES string of the molecule is CCC/C=C/C/C=C/CCCCCCCC(=O)OC(CCC(=O)O)[N+](C)(C)C. The molecule has 0 fully saturated rings. The lowest BCUT2D eigenvalue weighted by Crippen LogP contribution is -2.47. The fourth-order valence-corrected chi connectivity index (χ4v) is 2.80. The van der Waals surface area contributed by atoms with Gasteiger partial charge in [-0.15, -0.1) is 0 Å². The van der Waals surface area contributed by atoms with Gasteiger partial charge in [0.25, 0.3) is 0 Å². The molecule has 0 aromatic carbocycles. The van der Waals surface area contributed by atoms with Gasteiger partial charge in [-0.2, -0.15) is 0 Å². The van der Waals surface area contributed by atoms with Crippen molar-refractivity contribution in [3.05, 3.63) is 24.3 Å². The molecule has 0 aliphatic rings. The van der Waals surface area contributed by atoms with E-state index < -0.39 is 12.2 Å². The lowest BCUT2D eigenvalue weighted by molar-refractivity contribution is -0.917. The molecule has 28 heavy (non-hydrogen) atoms. The van der Waals surface area contributed by atoms with Crippen molar-refractivity contribution in [2.45, 2.75) is 90.2 Å². The van der Waals surface area contributed by atoms with Crippen LogP contribution in [0, 0.1) is 0 Å². The van der Waals surface area contributed by atoms with Gasteiger partial charge in [-0.05, 0) is 32.1 Å². The monoisotopic (exact) mass is 396 g/mol. The minimum Gasteiger partial charge on any atom is -0.481 e. The van der Waals surface area contributed by atoms with Crippen LogP contribution in [-0.2, 0) is 14.3 Å². The van der Waals surface area contributed by atoms with Crippen LogP contribution < -0.4 is 0 Å². The summed E-state index contributed by atoms with van der Waals surface area (Å²) in [5.74, 6) is -1.08. The fraction of sp³-hybridized carbons (Fsp3) is 0.739. The summed E-state index contributed by atoms with van der Waals surface area (Å²) >= 11 is 0. The molecule has 0 amide bonds. The summed E-state index contributed by atoms with van der Waals surface area (Å²) in [6.45, 7) is 2.19. The summed E-state index contributed by atoms with van der Waals surface area (Å²) in [7, 11) is 5.74. The Hall–Kier alpha value is -1.62. The van der Waals surface area contributed by atoms with Crippen molar-refractivity contribution in [3.8, 4) is 0 Å². The van der Waals surface area contributed by atoms with E-state index in [0.29, 0.717) is 17.3 Å². The number of carbonyl (C=O) groups is 2. The van der Waals surface area contributed by atoms with Gasteiger partial charge in [-0.25, -0.2) is 0 Å². The van der Waals surface area contributed by atoms with Gasteiger partial charge in [-0.1, -0.05) is 56.9 Å². The van der Waals surface area contributed by atoms with Crippen LogP contribution in [0.2, 0.25) is 0 Å². The first-order chi connectivity index (χ1) is 13.3. The van der Waals surface area contributed by atoms with E-state index in [2.05, 4.69) is 31.2 Å². The molecule has 1 unspecified atom stereocenters. The number of aliphatic carboxylic acids is 1. The number of ether oxygens (including phenoxy) is 1. The smallest absolute Gasteiger partial charge is 0.310 e. The molecule has 5 nitrogen and oxygen atoms in total. The number of carboxylic acids is 1. The third-order valence-corrected chi connectivity index (χ3v) is 4.55. The number of rotatable bonds is 17. The number of carbonyl (C=O) groups excluding carboxylic acids is 1. The molecular formula is C23H42NO4+. The van der Waals surface area contributed by atoms with Crippen LogP contribution >= 0.6 is 0 Å². The zero-order valence-corrected chi connectivity index (χ0v) is 18.5. The number of unbranched alkanes of at least 4 members (excludes halogenated alkanes) is 6. The number of nitrogens with zero attached hydrogens (tertiary/aromatic N) is 1. The maximum atomic E-state index is 12.1. The number of quaternary nitrogens is 1. The maximum absolute atomic E-state index is 12.1. The number of hydrogen-bond donors (Lipinski definition) is 1. The van der Waals surface area contributed by atoms with Gasteiger partial charge in [-0.3, -0.25) is 14.1 Å². The normalized spacial score (nSPS) is 13.3. The first kappa shape index (κ1) is 26.4. The molecule has 1 N–H and O–H groups in total. The number of hydrogen-bond acceptors (Lipinski definition) is 3. The van der Waals surface area contributed by atoms with Crippen LogP contribution in [0.25, 0.3) is 0 Å². The minimum atomic E-state index is -0.864. The van der Waals surface area contributed by atoms with Gasteiger partial charge in [0.1, 0.15) is 0 Å². The quantitative estimate of drug-likeness (QED) is 0.117. The van der Waals surface area contributed by atoms with Gasteiger partial charge in [0.15, 0.2) is 0 Å². The first-order valence-corrected chi connectivity index (χ1v) is 10.8. The number of carboxylic acid groups (broad SMARTS) is 1. The van der Waals surface area contributed by atoms with E-state index in [0.717, 1.165) is 32.1 Å². The second kappa shape index (κ2) is 16.3. The molecule has 0 aliphatic heterocycles. The standard InChI is InChI=1S/C23H41NO4/c1-5-6-7-8-9-10-11-12-13-14-15-16-17-18-23(27)28-21(24(2,3)4)19-20-22(25)26/h7-8,10-11,21H,5-6,9,12-20H2,1-4H3/p+1/b8-7+,11-10+. The van der Waals surface area contributed by atoms with Gasteiger partial charge in [0.2, 0.25) is 6.23 Å². The minimum absolute atomic E-state index is 0.0109. The molecule has 0 aromatic heterocycles. The molecule has 0 saturated carbocycles. The second-order valence-electron chi connectivity index (χ2n) is 8.27. The molecule has 0 heterocycles. The van der Waals surface area contributed by atoms with E-state index in [1.54, 1.807) is 0 Å².